The normalized spacial score (nSPS) is 10.2. The fraction of sp³-hybridized carbons (Fsp3) is 0.0769. The van der Waals surface area contributed by atoms with Crippen LogP contribution in [0.25, 0.3) is 0 Å². The van der Waals surface area contributed by atoms with Gasteiger partial charge in [-0.3, -0.25) is 15.1 Å². The molecule has 2 rings (SSSR count). The summed E-state index contributed by atoms with van der Waals surface area (Å²) >= 11 is 1.23. The van der Waals surface area contributed by atoms with Crippen LogP contribution in [0.1, 0.15) is 16.1 Å². The van der Waals surface area contributed by atoms with Crippen molar-refractivity contribution in [1.82, 2.24) is 4.98 Å². The summed E-state index contributed by atoms with van der Waals surface area (Å²) in [5, 5.41) is 21.7. The number of carboxylic acid groups (broad SMARTS) is 1. The number of thioether (sulfide) groups is 1. The Morgan fingerprint density at radius 1 is 1.30 bits per heavy atom. The number of carboxylic acids is 1. The van der Waals surface area contributed by atoms with Crippen LogP contribution < -0.4 is 5.11 Å². The Bertz CT molecular complexity index is 646. The van der Waals surface area contributed by atoms with Gasteiger partial charge in [0, 0.05) is 23.6 Å². The van der Waals surface area contributed by atoms with E-state index in [1.54, 1.807) is 12.3 Å². The quantitative estimate of drug-likeness (QED) is 0.471. The van der Waals surface area contributed by atoms with Gasteiger partial charge in [0.25, 0.3) is 5.69 Å². The Hall–Kier alpha value is -2.41. The van der Waals surface area contributed by atoms with Gasteiger partial charge in [-0.05, 0) is 18.2 Å². The highest BCUT2D eigenvalue weighted by Gasteiger charge is 2.15. The number of aromatic carboxylic acids is 1. The van der Waals surface area contributed by atoms with Crippen molar-refractivity contribution < 1.29 is 14.8 Å². The van der Waals surface area contributed by atoms with Gasteiger partial charge >= 0.3 is 0 Å². The van der Waals surface area contributed by atoms with Crippen LogP contribution in [-0.4, -0.2) is 15.9 Å². The first-order valence-corrected chi connectivity index (χ1v) is 6.59. The Morgan fingerprint density at radius 3 is 2.70 bits per heavy atom. The Kier molecular flexibility index (Phi) is 4.31. The fourth-order valence-electron chi connectivity index (χ4n) is 1.54. The van der Waals surface area contributed by atoms with Crippen molar-refractivity contribution in [3.8, 4) is 0 Å². The van der Waals surface area contributed by atoms with Gasteiger partial charge in [-0.15, -0.1) is 11.8 Å². The van der Waals surface area contributed by atoms with E-state index >= 15 is 0 Å². The first-order valence-electron chi connectivity index (χ1n) is 5.60. The second kappa shape index (κ2) is 6.16. The van der Waals surface area contributed by atoms with Crippen molar-refractivity contribution in [2.45, 2.75) is 10.6 Å². The second-order valence-electron chi connectivity index (χ2n) is 3.84. The zero-order chi connectivity index (χ0) is 14.5. The summed E-state index contributed by atoms with van der Waals surface area (Å²) < 4.78 is 0. The average molecular weight is 289 g/mol. The van der Waals surface area contributed by atoms with Crippen LogP contribution in [0.3, 0.4) is 0 Å². The number of rotatable bonds is 5. The number of aromatic nitrogens is 1. The number of nitrogens with zero attached hydrogens (tertiary/aromatic N) is 2. The minimum Gasteiger partial charge on any atom is -0.545 e. The molecular formula is C13H9N2O4S-. The van der Waals surface area contributed by atoms with Crippen molar-refractivity contribution in [3.63, 3.8) is 0 Å². The van der Waals surface area contributed by atoms with Crippen molar-refractivity contribution >= 4 is 23.4 Å². The molecule has 0 N–H and O–H groups in total. The fourth-order valence-corrected chi connectivity index (χ4v) is 2.46. The van der Waals surface area contributed by atoms with Crippen molar-refractivity contribution in [3.05, 3.63) is 64.0 Å². The van der Waals surface area contributed by atoms with Crippen LogP contribution in [0.15, 0.2) is 47.5 Å². The number of hydrogen-bond donors (Lipinski definition) is 0. The maximum absolute atomic E-state index is 11.0. The van der Waals surface area contributed by atoms with Gasteiger partial charge in [0.05, 0.1) is 21.5 Å². The topological polar surface area (TPSA) is 96.2 Å². The van der Waals surface area contributed by atoms with E-state index in [1.807, 2.05) is 12.1 Å². The summed E-state index contributed by atoms with van der Waals surface area (Å²) in [6, 6.07) is 9.15. The van der Waals surface area contributed by atoms with Crippen LogP contribution in [0.5, 0.6) is 0 Å². The van der Waals surface area contributed by atoms with E-state index in [9.17, 15) is 20.0 Å². The van der Waals surface area contributed by atoms with E-state index in [1.165, 1.54) is 23.9 Å². The molecule has 0 spiro atoms. The predicted molar refractivity (Wildman–Crippen MR) is 71.2 cm³/mol. The molecule has 0 aliphatic carbocycles. The number of nitro groups is 1. The molecule has 0 saturated heterocycles. The third kappa shape index (κ3) is 3.33. The third-order valence-corrected chi connectivity index (χ3v) is 3.59. The highest BCUT2D eigenvalue weighted by Crippen LogP contribution is 2.31. The van der Waals surface area contributed by atoms with Crippen LogP contribution in [0.2, 0.25) is 0 Å². The zero-order valence-corrected chi connectivity index (χ0v) is 11.0. The van der Waals surface area contributed by atoms with Crippen molar-refractivity contribution in [2.24, 2.45) is 0 Å². The smallest absolute Gasteiger partial charge is 0.283 e. The molecule has 0 bridgehead atoms. The molecule has 0 aliphatic rings. The molecule has 2 aromatic rings. The largest absolute Gasteiger partial charge is 0.545 e. The number of hydrogen-bond acceptors (Lipinski definition) is 6. The molecule has 6 nitrogen and oxygen atoms in total. The molecule has 0 radical (unpaired) electrons. The van der Waals surface area contributed by atoms with E-state index in [2.05, 4.69) is 4.98 Å². The van der Waals surface area contributed by atoms with Crippen LogP contribution in [-0.2, 0) is 5.75 Å². The van der Waals surface area contributed by atoms with Crippen LogP contribution >= 0.6 is 11.8 Å². The SMILES string of the molecule is O=C([O-])c1ccc(SCc2ccccn2)c([N+](=O)[O-])c1. The number of carbonyl (C=O) groups is 1. The van der Waals surface area contributed by atoms with E-state index in [0.717, 1.165) is 11.8 Å². The number of pyridine rings is 1. The van der Waals surface area contributed by atoms with E-state index in [-0.39, 0.29) is 11.3 Å². The molecule has 0 aliphatic heterocycles. The summed E-state index contributed by atoms with van der Waals surface area (Å²) in [6.45, 7) is 0. The molecule has 102 valence electrons. The van der Waals surface area contributed by atoms with Gasteiger partial charge in [-0.25, -0.2) is 0 Å². The molecule has 0 saturated carbocycles. The first-order chi connectivity index (χ1) is 9.58. The lowest BCUT2D eigenvalue weighted by atomic mass is 10.2. The molecule has 1 aromatic carbocycles. The van der Waals surface area contributed by atoms with E-state index in [4.69, 9.17) is 0 Å². The van der Waals surface area contributed by atoms with Crippen LogP contribution in [0, 0.1) is 10.1 Å². The zero-order valence-electron chi connectivity index (χ0n) is 10.2. The minimum atomic E-state index is -1.44. The number of carbonyl (C=O) groups excluding carboxylic acids is 1. The van der Waals surface area contributed by atoms with Gasteiger partial charge in [0.15, 0.2) is 0 Å². The summed E-state index contributed by atoms with van der Waals surface area (Å²) in [5.41, 5.74) is 0.335. The first kappa shape index (κ1) is 14.0. The van der Waals surface area contributed by atoms with Crippen molar-refractivity contribution in [2.75, 3.05) is 0 Å². The molecule has 1 heterocycles. The molecule has 0 unspecified atom stereocenters. The van der Waals surface area contributed by atoms with Gasteiger partial charge in [-0.2, -0.15) is 0 Å². The molecule has 1 aromatic heterocycles. The number of benzene rings is 1. The maximum Gasteiger partial charge on any atom is 0.283 e. The standard InChI is InChI=1S/C13H10N2O4S/c16-13(17)9-4-5-12(11(7-9)15(18)19)20-8-10-3-1-2-6-14-10/h1-7H,8H2,(H,16,17)/p-1. The lowest BCUT2D eigenvalue weighted by Gasteiger charge is -2.06. The second-order valence-corrected chi connectivity index (χ2v) is 4.85. The van der Waals surface area contributed by atoms with Crippen molar-refractivity contribution in [1.29, 1.82) is 0 Å². The molecule has 0 fully saturated rings. The third-order valence-electron chi connectivity index (χ3n) is 2.49. The van der Waals surface area contributed by atoms with Crippen LogP contribution in [0.4, 0.5) is 5.69 Å². The van der Waals surface area contributed by atoms with Gasteiger partial charge < -0.3 is 9.90 Å². The molecule has 0 atom stereocenters. The summed E-state index contributed by atoms with van der Waals surface area (Å²) in [5.74, 6) is -0.971. The summed E-state index contributed by atoms with van der Waals surface area (Å²) in [6.07, 6.45) is 1.64. The lowest BCUT2D eigenvalue weighted by Crippen LogP contribution is -2.22. The summed E-state index contributed by atoms with van der Waals surface area (Å²) in [7, 11) is 0. The number of nitro benzene ring substituents is 1. The lowest BCUT2D eigenvalue weighted by molar-refractivity contribution is -0.387. The van der Waals surface area contributed by atoms with Gasteiger partial charge in [0.1, 0.15) is 0 Å². The maximum atomic E-state index is 11.0. The Labute approximate surface area is 118 Å². The molecule has 0 amide bonds. The van der Waals surface area contributed by atoms with Gasteiger partial charge in [-0.1, -0.05) is 12.1 Å². The van der Waals surface area contributed by atoms with E-state index in [0.29, 0.717) is 10.6 Å². The molecule has 7 heteroatoms. The predicted octanol–water partition coefficient (Wildman–Crippen LogP) is 1.65. The Morgan fingerprint density at radius 2 is 2.10 bits per heavy atom. The summed E-state index contributed by atoms with van der Waals surface area (Å²) in [4.78, 5) is 25.6. The highest BCUT2D eigenvalue weighted by molar-refractivity contribution is 7.98. The highest BCUT2D eigenvalue weighted by atomic mass is 32.2. The van der Waals surface area contributed by atoms with E-state index < -0.39 is 10.9 Å². The monoisotopic (exact) mass is 289 g/mol. The molecular weight excluding hydrogens is 280 g/mol. The molecule has 20 heavy (non-hydrogen) atoms. The Balaban J connectivity index is 2.23. The minimum absolute atomic E-state index is 0.209. The average Bonchev–Trinajstić information content (AvgIpc) is 2.45. The van der Waals surface area contributed by atoms with Gasteiger partial charge in [0.2, 0.25) is 0 Å².